The molecule has 0 fully saturated rings. The second-order valence-corrected chi connectivity index (χ2v) is 5.86. The molecule has 0 radical (unpaired) electrons. The molecule has 0 unspecified atom stereocenters. The molecular weight excluding hydrogens is 364 g/mol. The van der Waals surface area contributed by atoms with Crippen molar-refractivity contribution in [3.05, 3.63) is 94.4 Å². The molecule has 2 heterocycles. The van der Waals surface area contributed by atoms with Gasteiger partial charge < -0.3 is 0 Å². The first kappa shape index (κ1) is 17.3. The molecule has 0 N–H and O–H groups in total. The SMILES string of the molecule is N#Cc1cccc(-n2ccc(=O)c(-c3ccnn3-c3cc(F)ccc3F)n2)c1. The van der Waals surface area contributed by atoms with Crippen molar-refractivity contribution in [2.45, 2.75) is 0 Å². The molecule has 0 amide bonds. The minimum absolute atomic E-state index is 0.00558. The highest BCUT2D eigenvalue weighted by molar-refractivity contribution is 5.57. The second-order valence-electron chi connectivity index (χ2n) is 5.86. The van der Waals surface area contributed by atoms with Gasteiger partial charge in [0.1, 0.15) is 17.3 Å². The van der Waals surface area contributed by atoms with Gasteiger partial charge >= 0.3 is 0 Å². The summed E-state index contributed by atoms with van der Waals surface area (Å²) in [5.74, 6) is -1.33. The van der Waals surface area contributed by atoms with E-state index in [1.807, 2.05) is 6.07 Å². The van der Waals surface area contributed by atoms with Gasteiger partial charge in [0.15, 0.2) is 5.69 Å². The molecule has 4 aromatic rings. The van der Waals surface area contributed by atoms with Crippen LogP contribution in [0.5, 0.6) is 0 Å². The fourth-order valence-electron chi connectivity index (χ4n) is 2.77. The molecule has 28 heavy (non-hydrogen) atoms. The van der Waals surface area contributed by atoms with Crippen molar-refractivity contribution in [2.75, 3.05) is 0 Å². The van der Waals surface area contributed by atoms with E-state index in [2.05, 4.69) is 10.2 Å². The zero-order chi connectivity index (χ0) is 19.7. The molecule has 8 heteroatoms. The standard InChI is InChI=1S/C20H11F2N5O/c21-14-4-5-16(22)18(11-14)27-17(6-8-24-27)20-19(28)7-9-26(25-20)15-3-1-2-13(10-15)12-23/h1-11H. The summed E-state index contributed by atoms with van der Waals surface area (Å²) in [7, 11) is 0. The van der Waals surface area contributed by atoms with Gasteiger partial charge in [-0.3, -0.25) is 4.79 Å². The predicted octanol–water partition coefficient (Wildman–Crippen LogP) is 3.24. The molecule has 2 aromatic carbocycles. The highest BCUT2D eigenvalue weighted by Crippen LogP contribution is 2.21. The van der Waals surface area contributed by atoms with Crippen molar-refractivity contribution >= 4 is 0 Å². The average Bonchev–Trinajstić information content (AvgIpc) is 3.19. The summed E-state index contributed by atoms with van der Waals surface area (Å²) in [5.41, 5.74) is 0.676. The van der Waals surface area contributed by atoms with Crippen LogP contribution in [0.3, 0.4) is 0 Å². The van der Waals surface area contributed by atoms with Crippen LogP contribution in [0.1, 0.15) is 5.56 Å². The lowest BCUT2D eigenvalue weighted by Gasteiger charge is -2.10. The summed E-state index contributed by atoms with van der Waals surface area (Å²) in [4.78, 5) is 12.4. The van der Waals surface area contributed by atoms with Crippen molar-refractivity contribution in [3.63, 3.8) is 0 Å². The number of nitriles is 1. The molecule has 0 aliphatic heterocycles. The van der Waals surface area contributed by atoms with Crippen LogP contribution >= 0.6 is 0 Å². The molecule has 4 rings (SSSR count). The first-order chi connectivity index (χ1) is 13.6. The van der Waals surface area contributed by atoms with Crippen LogP contribution in [-0.4, -0.2) is 19.6 Å². The van der Waals surface area contributed by atoms with Gasteiger partial charge in [-0.25, -0.2) is 18.1 Å². The summed E-state index contributed by atoms with van der Waals surface area (Å²) >= 11 is 0. The fraction of sp³-hybridized carbons (Fsp3) is 0. The second kappa shape index (κ2) is 6.89. The van der Waals surface area contributed by atoms with Crippen LogP contribution in [-0.2, 0) is 0 Å². The molecule has 0 saturated carbocycles. The Morgan fingerprint density at radius 2 is 1.89 bits per heavy atom. The summed E-state index contributed by atoms with van der Waals surface area (Å²) in [6.45, 7) is 0. The number of rotatable bonds is 3. The van der Waals surface area contributed by atoms with Crippen molar-refractivity contribution in [1.82, 2.24) is 19.6 Å². The van der Waals surface area contributed by atoms with E-state index in [0.717, 1.165) is 22.9 Å². The maximum absolute atomic E-state index is 14.2. The Labute approximate surface area is 157 Å². The lowest BCUT2D eigenvalue weighted by Crippen LogP contribution is -2.15. The Bertz CT molecular complexity index is 1290. The van der Waals surface area contributed by atoms with Crippen LogP contribution in [0.4, 0.5) is 8.78 Å². The van der Waals surface area contributed by atoms with Gasteiger partial charge in [0.2, 0.25) is 5.43 Å². The van der Waals surface area contributed by atoms with Gasteiger partial charge in [0.05, 0.1) is 29.2 Å². The van der Waals surface area contributed by atoms with E-state index in [0.29, 0.717) is 11.3 Å². The molecular formula is C20H11F2N5O. The van der Waals surface area contributed by atoms with E-state index in [-0.39, 0.29) is 17.1 Å². The third kappa shape index (κ3) is 3.05. The number of hydrogen-bond acceptors (Lipinski definition) is 4. The minimum atomic E-state index is -0.690. The van der Waals surface area contributed by atoms with Crippen LogP contribution in [0, 0.1) is 23.0 Å². The lowest BCUT2D eigenvalue weighted by atomic mass is 10.2. The minimum Gasteiger partial charge on any atom is -0.287 e. The monoisotopic (exact) mass is 375 g/mol. The quantitative estimate of drug-likeness (QED) is 0.551. The van der Waals surface area contributed by atoms with Crippen LogP contribution in [0.2, 0.25) is 0 Å². The summed E-state index contributed by atoms with van der Waals surface area (Å²) < 4.78 is 30.3. The van der Waals surface area contributed by atoms with E-state index < -0.39 is 17.1 Å². The largest absolute Gasteiger partial charge is 0.287 e. The summed E-state index contributed by atoms with van der Waals surface area (Å²) in [6.07, 6.45) is 2.83. The first-order valence-corrected chi connectivity index (χ1v) is 8.17. The van der Waals surface area contributed by atoms with Gasteiger partial charge in [-0.2, -0.15) is 15.5 Å². The molecule has 2 aromatic heterocycles. The number of nitrogens with zero attached hydrogens (tertiary/aromatic N) is 5. The zero-order valence-corrected chi connectivity index (χ0v) is 14.3. The molecule has 0 bridgehead atoms. The van der Waals surface area contributed by atoms with E-state index in [9.17, 15) is 13.6 Å². The van der Waals surface area contributed by atoms with Crippen molar-refractivity contribution in [2.24, 2.45) is 0 Å². The number of aromatic nitrogens is 4. The Morgan fingerprint density at radius 3 is 2.71 bits per heavy atom. The van der Waals surface area contributed by atoms with E-state index in [1.165, 1.54) is 29.2 Å². The number of hydrogen-bond donors (Lipinski definition) is 0. The van der Waals surface area contributed by atoms with Gasteiger partial charge in [0.25, 0.3) is 0 Å². The van der Waals surface area contributed by atoms with Crippen molar-refractivity contribution in [3.8, 4) is 28.8 Å². The highest BCUT2D eigenvalue weighted by Gasteiger charge is 2.16. The van der Waals surface area contributed by atoms with E-state index >= 15 is 0 Å². The predicted molar refractivity (Wildman–Crippen MR) is 97.0 cm³/mol. The molecule has 0 aliphatic carbocycles. The molecule has 6 nitrogen and oxygen atoms in total. The Morgan fingerprint density at radius 1 is 1.04 bits per heavy atom. The van der Waals surface area contributed by atoms with Gasteiger partial charge in [-0.1, -0.05) is 6.07 Å². The number of benzene rings is 2. The summed E-state index contributed by atoms with van der Waals surface area (Å²) in [5, 5.41) is 17.4. The Kier molecular flexibility index (Phi) is 4.26. The third-order valence-electron chi connectivity index (χ3n) is 4.07. The van der Waals surface area contributed by atoms with Crippen LogP contribution in [0.25, 0.3) is 22.8 Å². The Hall–Kier alpha value is -4.12. The third-order valence-corrected chi connectivity index (χ3v) is 4.07. The molecule has 0 aliphatic rings. The van der Waals surface area contributed by atoms with E-state index in [1.54, 1.807) is 24.3 Å². The lowest BCUT2D eigenvalue weighted by molar-refractivity contribution is 0.587. The Balaban J connectivity index is 1.88. The molecule has 136 valence electrons. The smallest absolute Gasteiger partial charge is 0.209 e. The normalized spacial score (nSPS) is 10.6. The topological polar surface area (TPSA) is 76.5 Å². The molecule has 0 atom stereocenters. The summed E-state index contributed by atoms with van der Waals surface area (Å²) in [6, 6.07) is 14.5. The maximum atomic E-state index is 14.2. The van der Waals surface area contributed by atoms with Gasteiger partial charge in [-0.15, -0.1) is 0 Å². The first-order valence-electron chi connectivity index (χ1n) is 8.17. The van der Waals surface area contributed by atoms with Crippen molar-refractivity contribution < 1.29 is 8.78 Å². The average molecular weight is 375 g/mol. The van der Waals surface area contributed by atoms with E-state index in [4.69, 9.17) is 5.26 Å². The molecule has 0 saturated heterocycles. The van der Waals surface area contributed by atoms with Crippen LogP contribution < -0.4 is 5.43 Å². The van der Waals surface area contributed by atoms with Crippen LogP contribution in [0.15, 0.2) is 71.8 Å². The van der Waals surface area contributed by atoms with Gasteiger partial charge in [-0.05, 0) is 36.4 Å². The van der Waals surface area contributed by atoms with Gasteiger partial charge in [0, 0.05) is 18.3 Å². The highest BCUT2D eigenvalue weighted by atomic mass is 19.1. The molecule has 0 spiro atoms. The maximum Gasteiger partial charge on any atom is 0.209 e. The van der Waals surface area contributed by atoms with Crippen molar-refractivity contribution in [1.29, 1.82) is 5.26 Å². The fourth-order valence-corrected chi connectivity index (χ4v) is 2.77. The zero-order valence-electron chi connectivity index (χ0n) is 14.3. The number of halogens is 2.